The van der Waals surface area contributed by atoms with Gasteiger partial charge in [-0.15, -0.1) is 0 Å². The second kappa shape index (κ2) is 21.1. The minimum Gasteiger partial charge on any atom is -0.469 e. The fourth-order valence-corrected chi connectivity index (χ4v) is 31.1. The van der Waals surface area contributed by atoms with Crippen LogP contribution in [0.5, 0.6) is 5.75 Å². The molecule has 3 aliphatic carbocycles. The highest BCUT2D eigenvalue weighted by Crippen LogP contribution is 2.85. The van der Waals surface area contributed by atoms with Gasteiger partial charge in [0.1, 0.15) is 25.9 Å². The van der Waals surface area contributed by atoms with Crippen molar-refractivity contribution in [3.05, 3.63) is 149 Å². The van der Waals surface area contributed by atoms with Gasteiger partial charge in [0.15, 0.2) is 8.98 Å². The SMILES string of the molecule is Brc1c(Br)c(Br)c(OC2(Br)C(Br)(Br)C(Br)(Br)C(Br)(Br)C(Br)(c3ccccc3)C2(Br)c2ccccc2)c(Br)c1Br.CC1(c2ccccc2)C2=C(Br)C(Br)=C(Br)C(Br)(Br)C2(Br)C(Br)(Br)C1(C)C. The quantitative estimate of drug-likeness (QED) is 0.110. The molecule has 0 radical (unpaired) electrons. The first-order chi connectivity index (χ1) is 29.6. The third kappa shape index (κ3) is 8.54. The number of hydrogen-bond acceptors (Lipinski definition) is 1. The van der Waals surface area contributed by atoms with Crippen LogP contribution in [-0.2, 0) is 14.1 Å². The summed E-state index contributed by atoms with van der Waals surface area (Å²) in [6, 6.07) is 30.9. The predicted octanol–water partition coefficient (Wildman–Crippen LogP) is 24.8. The summed E-state index contributed by atoms with van der Waals surface area (Å²) < 4.78 is 5.97. The average Bonchev–Trinajstić information content (AvgIpc) is 3.37. The van der Waals surface area contributed by atoms with E-state index in [2.05, 4.69) is 426 Å². The molecule has 4 aromatic carbocycles. The Bertz CT molecular complexity index is 2570. The molecule has 65 heavy (non-hydrogen) atoms. The van der Waals surface area contributed by atoms with Gasteiger partial charge < -0.3 is 4.74 Å². The zero-order valence-corrected chi connectivity index (χ0v) is 67.3. The van der Waals surface area contributed by atoms with Gasteiger partial charge in [-0.25, -0.2) is 0 Å². The van der Waals surface area contributed by atoms with Crippen molar-refractivity contribution < 1.29 is 4.74 Å². The Hall–Kier alpha value is 6.72. The largest absolute Gasteiger partial charge is 0.469 e. The fraction of sp³-hybridized carbons (Fsp3) is 0.333. The van der Waals surface area contributed by atoms with Gasteiger partial charge in [0, 0.05) is 28.7 Å². The van der Waals surface area contributed by atoms with E-state index in [9.17, 15) is 0 Å². The average molecular weight is 2300 g/mol. The van der Waals surface area contributed by atoms with Crippen LogP contribution >= 0.6 is 350 Å². The van der Waals surface area contributed by atoms with Crippen molar-refractivity contribution in [3.8, 4) is 5.75 Å². The summed E-state index contributed by atoms with van der Waals surface area (Å²) in [6.07, 6.45) is 0. The lowest BCUT2D eigenvalue weighted by atomic mass is 9.63. The Labute approximate surface area is 564 Å². The van der Waals surface area contributed by atoms with Gasteiger partial charge in [0.2, 0.25) is 4.51 Å². The molecular formula is C42H24Br22O. The van der Waals surface area contributed by atoms with Crippen LogP contribution in [0.4, 0.5) is 0 Å². The monoisotopic (exact) mass is 2280 g/mol. The number of rotatable bonds is 5. The second-order valence-corrected chi connectivity index (χ2v) is 43.9. The third-order valence-electron chi connectivity index (χ3n) is 12.3. The van der Waals surface area contributed by atoms with Gasteiger partial charge >= 0.3 is 0 Å². The van der Waals surface area contributed by atoms with E-state index in [4.69, 9.17) is 4.74 Å². The summed E-state index contributed by atoms with van der Waals surface area (Å²) in [5, 5.41) is 0. The van der Waals surface area contributed by atoms with E-state index in [1.807, 2.05) is 36.4 Å². The molecule has 0 amide bonds. The van der Waals surface area contributed by atoms with Gasteiger partial charge in [-0.05, 0) is 150 Å². The first kappa shape index (κ1) is 60.9. The summed E-state index contributed by atoms with van der Waals surface area (Å²) in [5.74, 6) is 0.534. The molecule has 0 aromatic heterocycles. The molecule has 0 saturated heterocycles. The van der Waals surface area contributed by atoms with E-state index in [1.165, 1.54) is 11.1 Å². The van der Waals surface area contributed by atoms with Gasteiger partial charge in [0.05, 0.1) is 17.9 Å². The molecule has 2 fully saturated rings. The molecule has 3 aliphatic rings. The topological polar surface area (TPSA) is 9.23 Å². The van der Waals surface area contributed by atoms with Crippen LogP contribution in [0.2, 0.25) is 0 Å². The lowest BCUT2D eigenvalue weighted by Crippen LogP contribution is -2.80. The number of alkyl halides is 14. The number of hydrogen-bond donors (Lipinski definition) is 0. The Morgan fingerprint density at radius 3 is 1.15 bits per heavy atom. The van der Waals surface area contributed by atoms with Crippen molar-refractivity contribution >= 4 is 350 Å². The summed E-state index contributed by atoms with van der Waals surface area (Å²) in [5.41, 5.74) is 3.86. The molecule has 23 heteroatoms. The van der Waals surface area contributed by atoms with Crippen LogP contribution in [0, 0.1) is 5.41 Å². The minimum atomic E-state index is -1.33. The van der Waals surface area contributed by atoms with E-state index < -0.39 is 33.7 Å². The first-order valence-corrected chi connectivity index (χ1v) is 35.5. The van der Waals surface area contributed by atoms with Crippen molar-refractivity contribution in [1.29, 1.82) is 0 Å². The molecule has 5 atom stereocenters. The molecule has 0 N–H and O–H groups in total. The Morgan fingerprint density at radius 2 is 0.738 bits per heavy atom. The molecule has 4 aromatic rings. The Morgan fingerprint density at radius 1 is 0.369 bits per heavy atom. The van der Waals surface area contributed by atoms with Crippen LogP contribution in [0.25, 0.3) is 0 Å². The predicted molar refractivity (Wildman–Crippen MR) is 354 cm³/mol. The number of fused-ring (bicyclic) bond motifs is 1. The molecule has 5 unspecified atom stereocenters. The Balaban J connectivity index is 0.000000233. The Kier molecular flexibility index (Phi) is 19.8. The van der Waals surface area contributed by atoms with E-state index in [0.29, 0.717) is 14.7 Å². The molecule has 0 bridgehead atoms. The van der Waals surface area contributed by atoms with E-state index in [1.54, 1.807) is 0 Å². The number of benzene rings is 4. The maximum atomic E-state index is 7.22. The van der Waals surface area contributed by atoms with Crippen molar-refractivity contribution in [2.75, 3.05) is 0 Å². The highest BCUT2D eigenvalue weighted by Gasteiger charge is 2.87. The van der Waals surface area contributed by atoms with Crippen molar-refractivity contribution in [2.24, 2.45) is 5.41 Å². The molecule has 0 heterocycles. The number of allylic oxidation sites excluding steroid dienone is 4. The number of halogens is 22. The van der Waals surface area contributed by atoms with E-state index in [0.717, 1.165) is 38.0 Å². The van der Waals surface area contributed by atoms with Crippen molar-refractivity contribution in [3.63, 3.8) is 0 Å². The highest BCUT2D eigenvalue weighted by atomic mass is 79.9. The molecule has 1 nitrogen and oxygen atoms in total. The van der Waals surface area contributed by atoms with Crippen LogP contribution in [-0.4, -0.2) is 25.0 Å². The lowest BCUT2D eigenvalue weighted by Gasteiger charge is -2.68. The molecule has 7 rings (SSSR count). The molecular weight excluding hydrogens is 2280 g/mol. The molecule has 0 aliphatic heterocycles. The van der Waals surface area contributed by atoms with E-state index in [-0.39, 0.29) is 10.8 Å². The first-order valence-electron chi connectivity index (χ1n) is 18.0. The summed E-state index contributed by atoms with van der Waals surface area (Å²) >= 11 is 87.2. The van der Waals surface area contributed by atoms with Crippen LogP contribution in [0.3, 0.4) is 0 Å². The van der Waals surface area contributed by atoms with Crippen molar-refractivity contribution in [2.45, 2.75) is 59.8 Å². The minimum absolute atomic E-state index is 0.225. The van der Waals surface area contributed by atoms with Crippen LogP contribution < -0.4 is 4.74 Å². The van der Waals surface area contributed by atoms with Gasteiger partial charge in [-0.2, -0.15) is 0 Å². The van der Waals surface area contributed by atoms with Crippen LogP contribution in [0.15, 0.2) is 132 Å². The summed E-state index contributed by atoms with van der Waals surface area (Å²) in [4.78, 5) is 0. The zero-order valence-electron chi connectivity index (χ0n) is 32.4. The van der Waals surface area contributed by atoms with Gasteiger partial charge in [0.25, 0.3) is 0 Å². The van der Waals surface area contributed by atoms with E-state index >= 15 is 0 Å². The van der Waals surface area contributed by atoms with Crippen molar-refractivity contribution in [1.82, 2.24) is 0 Å². The number of ether oxygens (including phenoxy) is 1. The van der Waals surface area contributed by atoms with Gasteiger partial charge in [-0.1, -0.05) is 335 Å². The summed E-state index contributed by atoms with van der Waals surface area (Å²) in [7, 11) is 0. The fourth-order valence-electron chi connectivity index (χ4n) is 8.37. The molecule has 352 valence electrons. The molecule has 0 spiro atoms. The standard InChI is InChI=1S/C24H10Br14O.C18H14Br8/c25-13-14(26)16(28)18(17(29)15(13)27)39-24(38)20(31,12-9-5-2-6-10-12)19(30,11-7-3-1-4-8-11)21(32,33)22(34,35)23(24,36)37;1-14(2)15(3,9-7-5-4-6-8-9)12-10(19)11(20)13(21)17(23,24)16(12,22)18(14,25)26/h1-10H;4-8H,1-3H3. The highest BCUT2D eigenvalue weighted by molar-refractivity contribution is 9.34. The maximum absolute atomic E-state index is 7.22. The normalized spacial score (nSPS) is 31.5. The van der Waals surface area contributed by atoms with Crippen LogP contribution in [0.1, 0.15) is 37.5 Å². The lowest BCUT2D eigenvalue weighted by molar-refractivity contribution is 0.0672. The second-order valence-electron chi connectivity index (χ2n) is 15.6. The molecule has 2 saturated carbocycles. The van der Waals surface area contributed by atoms with Gasteiger partial charge in [-0.3, -0.25) is 0 Å². The zero-order chi connectivity index (χ0) is 49.3. The summed E-state index contributed by atoms with van der Waals surface area (Å²) in [6.45, 7) is 6.89. The smallest absolute Gasteiger partial charge is 0.211 e. The maximum Gasteiger partial charge on any atom is 0.211 e. The third-order valence-corrected chi connectivity index (χ3v) is 51.0.